The van der Waals surface area contributed by atoms with E-state index in [1.165, 1.54) is 0 Å². The van der Waals surface area contributed by atoms with E-state index in [4.69, 9.17) is 5.73 Å². The van der Waals surface area contributed by atoms with Gasteiger partial charge in [-0.25, -0.2) is 0 Å². The van der Waals surface area contributed by atoms with Crippen LogP contribution in [0.15, 0.2) is 35.1 Å². The van der Waals surface area contributed by atoms with Gasteiger partial charge >= 0.3 is 0 Å². The first-order valence-electron chi connectivity index (χ1n) is 3.20. The molecule has 0 aromatic carbocycles. The van der Waals surface area contributed by atoms with Crippen LogP contribution in [0.1, 0.15) is 6.42 Å². The van der Waals surface area contributed by atoms with E-state index in [-0.39, 0.29) is 5.78 Å². The minimum Gasteiger partial charge on any atom is -0.396 e. The molecule has 0 fully saturated rings. The smallest absolute Gasteiger partial charge is 0.208 e. The van der Waals surface area contributed by atoms with Gasteiger partial charge in [-0.1, -0.05) is 12.2 Å². The molecule has 2 heteroatoms. The molecule has 50 valence electrons. The highest BCUT2D eigenvalue weighted by atomic mass is 16.1. The maximum Gasteiger partial charge on any atom is 0.208 e. The SMILES string of the molecule is NC1=CC=C2CC=C2C1=O. The molecule has 0 unspecified atom stereocenters. The largest absolute Gasteiger partial charge is 0.396 e. The Morgan fingerprint density at radius 3 is 2.70 bits per heavy atom. The van der Waals surface area contributed by atoms with Gasteiger partial charge in [-0.3, -0.25) is 4.79 Å². The lowest BCUT2D eigenvalue weighted by molar-refractivity contribution is -0.112. The van der Waals surface area contributed by atoms with Crippen LogP contribution in [0.3, 0.4) is 0 Å². The van der Waals surface area contributed by atoms with Crippen molar-refractivity contribution in [2.24, 2.45) is 5.73 Å². The quantitative estimate of drug-likeness (QED) is 0.527. The summed E-state index contributed by atoms with van der Waals surface area (Å²) >= 11 is 0. The third-order valence-corrected chi connectivity index (χ3v) is 1.84. The van der Waals surface area contributed by atoms with Crippen LogP contribution in [-0.2, 0) is 4.79 Å². The van der Waals surface area contributed by atoms with Crippen LogP contribution in [0.4, 0.5) is 0 Å². The van der Waals surface area contributed by atoms with E-state index in [1.54, 1.807) is 6.08 Å². The summed E-state index contributed by atoms with van der Waals surface area (Å²) < 4.78 is 0. The van der Waals surface area contributed by atoms with Gasteiger partial charge in [-0.2, -0.15) is 0 Å². The van der Waals surface area contributed by atoms with Crippen LogP contribution < -0.4 is 5.73 Å². The molecule has 2 aliphatic rings. The summed E-state index contributed by atoms with van der Waals surface area (Å²) in [4.78, 5) is 11.1. The van der Waals surface area contributed by atoms with Crippen LogP contribution in [0.2, 0.25) is 0 Å². The van der Waals surface area contributed by atoms with Gasteiger partial charge in [0.15, 0.2) is 0 Å². The van der Waals surface area contributed by atoms with Crippen molar-refractivity contribution < 1.29 is 4.79 Å². The lowest BCUT2D eigenvalue weighted by Gasteiger charge is -2.20. The van der Waals surface area contributed by atoms with E-state index in [9.17, 15) is 4.79 Å². The van der Waals surface area contributed by atoms with Crippen LogP contribution in [0, 0.1) is 0 Å². The van der Waals surface area contributed by atoms with Crippen molar-refractivity contribution in [3.8, 4) is 0 Å². The van der Waals surface area contributed by atoms with Gasteiger partial charge in [0, 0.05) is 5.57 Å². The van der Waals surface area contributed by atoms with Gasteiger partial charge in [-0.05, 0) is 18.1 Å². The van der Waals surface area contributed by atoms with Gasteiger partial charge in [-0.15, -0.1) is 0 Å². The van der Waals surface area contributed by atoms with E-state index in [0.29, 0.717) is 5.70 Å². The third kappa shape index (κ3) is 0.506. The number of carbonyl (C=O) groups excluding carboxylic acids is 1. The zero-order valence-corrected chi connectivity index (χ0v) is 5.42. The first-order chi connectivity index (χ1) is 4.79. The summed E-state index contributed by atoms with van der Waals surface area (Å²) in [7, 11) is 0. The fraction of sp³-hybridized carbons (Fsp3) is 0.125. The summed E-state index contributed by atoms with van der Waals surface area (Å²) in [6.07, 6.45) is 6.42. The van der Waals surface area contributed by atoms with Crippen molar-refractivity contribution in [2.45, 2.75) is 6.42 Å². The second-order valence-electron chi connectivity index (χ2n) is 2.46. The van der Waals surface area contributed by atoms with Gasteiger partial charge < -0.3 is 5.73 Å². The average molecular weight is 133 g/mol. The number of hydrogen-bond acceptors (Lipinski definition) is 2. The van der Waals surface area contributed by atoms with E-state index in [1.807, 2.05) is 12.2 Å². The molecule has 2 N–H and O–H groups in total. The number of carbonyl (C=O) groups is 1. The first-order valence-corrected chi connectivity index (χ1v) is 3.20. The average Bonchev–Trinajstić information content (AvgIpc) is 1.82. The molecule has 10 heavy (non-hydrogen) atoms. The number of ketones is 1. The molecule has 2 aliphatic carbocycles. The zero-order valence-electron chi connectivity index (χ0n) is 5.42. The lowest BCUT2D eigenvalue weighted by Crippen LogP contribution is -2.21. The second kappa shape index (κ2) is 1.59. The van der Waals surface area contributed by atoms with Gasteiger partial charge in [0.25, 0.3) is 0 Å². The Morgan fingerprint density at radius 1 is 1.40 bits per heavy atom. The van der Waals surface area contributed by atoms with Crippen LogP contribution in [0.5, 0.6) is 0 Å². The summed E-state index contributed by atoms with van der Waals surface area (Å²) in [6, 6.07) is 0. The summed E-state index contributed by atoms with van der Waals surface area (Å²) in [6.45, 7) is 0. The number of rotatable bonds is 0. The first kappa shape index (κ1) is 5.47. The van der Waals surface area contributed by atoms with Crippen molar-refractivity contribution in [3.05, 3.63) is 35.1 Å². The summed E-state index contributed by atoms with van der Waals surface area (Å²) in [5.41, 5.74) is 7.68. The van der Waals surface area contributed by atoms with Crippen molar-refractivity contribution in [3.63, 3.8) is 0 Å². The number of Topliss-reactive ketones (excluding diaryl/α,β-unsaturated/α-hetero) is 1. The molecule has 0 heterocycles. The maximum atomic E-state index is 11.1. The normalized spacial score (nSPS) is 22.0. The molecule has 0 radical (unpaired) electrons. The minimum absolute atomic E-state index is 0.0104. The molecule has 0 atom stereocenters. The molecule has 0 aromatic heterocycles. The molecule has 0 spiro atoms. The van der Waals surface area contributed by atoms with Gasteiger partial charge in [0.05, 0.1) is 5.70 Å². The topological polar surface area (TPSA) is 43.1 Å². The maximum absolute atomic E-state index is 11.1. The molecule has 0 bridgehead atoms. The van der Waals surface area contributed by atoms with Crippen LogP contribution in [0.25, 0.3) is 0 Å². The Balaban J connectivity index is 2.51. The summed E-state index contributed by atoms with van der Waals surface area (Å²) in [5.74, 6) is -0.0104. The van der Waals surface area contributed by atoms with E-state index in [0.717, 1.165) is 17.6 Å². The molecule has 0 saturated heterocycles. The minimum atomic E-state index is -0.0104. The third-order valence-electron chi connectivity index (χ3n) is 1.84. The monoisotopic (exact) mass is 133 g/mol. The van der Waals surface area contributed by atoms with Gasteiger partial charge in [0.1, 0.15) is 0 Å². The molecule has 2 nitrogen and oxygen atoms in total. The predicted octanol–water partition coefficient (Wildman–Crippen LogP) is 0.668. The van der Waals surface area contributed by atoms with Crippen molar-refractivity contribution >= 4 is 5.78 Å². The molecule has 0 amide bonds. The van der Waals surface area contributed by atoms with Crippen molar-refractivity contribution in [1.82, 2.24) is 0 Å². The Bertz CT molecular complexity index is 288. The van der Waals surface area contributed by atoms with E-state index < -0.39 is 0 Å². The summed E-state index contributed by atoms with van der Waals surface area (Å²) in [5, 5.41) is 0. The molecule has 2 rings (SSSR count). The highest BCUT2D eigenvalue weighted by Gasteiger charge is 2.24. The predicted molar refractivity (Wildman–Crippen MR) is 38.1 cm³/mol. The fourth-order valence-electron chi connectivity index (χ4n) is 1.14. The van der Waals surface area contributed by atoms with Crippen LogP contribution in [-0.4, -0.2) is 5.78 Å². The number of nitrogens with two attached hydrogens (primary N) is 1. The highest BCUT2D eigenvalue weighted by molar-refractivity contribution is 6.13. The van der Waals surface area contributed by atoms with Gasteiger partial charge in [0.2, 0.25) is 5.78 Å². The molecular formula is C8H7NO. The van der Waals surface area contributed by atoms with Crippen LogP contribution >= 0.6 is 0 Å². The van der Waals surface area contributed by atoms with Crippen molar-refractivity contribution in [1.29, 1.82) is 0 Å². The zero-order chi connectivity index (χ0) is 7.14. The number of allylic oxidation sites excluding steroid dienone is 5. The Hall–Kier alpha value is -1.31. The highest BCUT2D eigenvalue weighted by Crippen LogP contribution is 2.30. The molecule has 0 aromatic rings. The molecule has 0 aliphatic heterocycles. The van der Waals surface area contributed by atoms with E-state index >= 15 is 0 Å². The Kier molecular flexibility index (Phi) is 0.873. The van der Waals surface area contributed by atoms with Crippen molar-refractivity contribution in [2.75, 3.05) is 0 Å². The lowest BCUT2D eigenvalue weighted by atomic mass is 9.84. The fourth-order valence-corrected chi connectivity index (χ4v) is 1.14. The Labute approximate surface area is 58.7 Å². The standard InChI is InChI=1S/C8H7NO/c9-7-4-2-5-1-3-6(5)8(7)10/h2-4H,1,9H2. The molecule has 0 saturated carbocycles. The number of fused-ring (bicyclic) bond motifs is 1. The Morgan fingerprint density at radius 2 is 2.20 bits per heavy atom. The number of hydrogen-bond donors (Lipinski definition) is 1. The molecular weight excluding hydrogens is 126 g/mol. The van der Waals surface area contributed by atoms with E-state index in [2.05, 4.69) is 0 Å². The second-order valence-corrected chi connectivity index (χ2v) is 2.46.